The minimum atomic E-state index is -3.23. The van der Waals surface area contributed by atoms with Crippen LogP contribution in [0, 0.1) is 6.92 Å². The van der Waals surface area contributed by atoms with E-state index in [-0.39, 0.29) is 5.75 Å². The van der Waals surface area contributed by atoms with E-state index < -0.39 is 9.84 Å². The Balaban J connectivity index is 2.28. The fourth-order valence-electron chi connectivity index (χ4n) is 1.37. The normalized spacial score (nSPS) is 11.6. The smallest absolute Gasteiger partial charge is 0.183 e. The summed E-state index contributed by atoms with van der Waals surface area (Å²) in [7, 11) is -3.23. The molecule has 0 atom stereocenters. The molecule has 0 saturated carbocycles. The number of aryl methyl sites for hydroxylation is 1. The molecule has 1 heterocycles. The van der Waals surface area contributed by atoms with Crippen LogP contribution in [0.1, 0.15) is 9.88 Å². The Hall–Kier alpha value is -1.20. The number of sulfone groups is 1. The second kappa shape index (κ2) is 4.35. The summed E-state index contributed by atoms with van der Waals surface area (Å²) in [6.07, 6.45) is 1.63. The molecule has 5 heteroatoms. The molecule has 3 nitrogen and oxygen atoms in total. The van der Waals surface area contributed by atoms with E-state index in [0.29, 0.717) is 4.90 Å². The van der Waals surface area contributed by atoms with Crippen LogP contribution in [0.2, 0.25) is 0 Å². The van der Waals surface area contributed by atoms with Crippen molar-refractivity contribution in [2.75, 3.05) is 0 Å². The first-order chi connectivity index (χ1) is 7.58. The van der Waals surface area contributed by atoms with Crippen molar-refractivity contribution in [1.82, 2.24) is 4.98 Å². The molecule has 0 unspecified atom stereocenters. The van der Waals surface area contributed by atoms with Crippen molar-refractivity contribution in [3.63, 3.8) is 0 Å². The summed E-state index contributed by atoms with van der Waals surface area (Å²) in [6.45, 7) is 1.86. The minimum Gasteiger partial charge on any atom is -0.250 e. The van der Waals surface area contributed by atoms with Gasteiger partial charge in [0.05, 0.1) is 15.7 Å². The second-order valence-corrected chi connectivity index (χ2v) is 6.73. The quantitative estimate of drug-likeness (QED) is 0.844. The van der Waals surface area contributed by atoms with Crippen molar-refractivity contribution < 1.29 is 8.42 Å². The van der Waals surface area contributed by atoms with Crippen molar-refractivity contribution in [2.45, 2.75) is 17.6 Å². The van der Waals surface area contributed by atoms with Crippen LogP contribution in [0.5, 0.6) is 0 Å². The molecule has 0 bridgehead atoms. The zero-order chi connectivity index (χ0) is 11.6. The first-order valence-electron chi connectivity index (χ1n) is 4.77. The fourth-order valence-corrected chi connectivity index (χ4v) is 3.85. The topological polar surface area (TPSA) is 47.0 Å². The number of benzene rings is 1. The number of thiazole rings is 1. The standard InChI is InChI=1S/C11H11NO2S2/c1-9-12-7-10(15-9)8-16(13,14)11-5-3-2-4-6-11/h2-7H,8H2,1H3. The van der Waals surface area contributed by atoms with Crippen LogP contribution in [0.25, 0.3) is 0 Å². The van der Waals surface area contributed by atoms with Gasteiger partial charge in [-0.2, -0.15) is 0 Å². The summed E-state index contributed by atoms with van der Waals surface area (Å²) in [5.74, 6) is 0.0303. The maximum atomic E-state index is 12.0. The van der Waals surface area contributed by atoms with Crippen molar-refractivity contribution in [1.29, 1.82) is 0 Å². The predicted molar refractivity (Wildman–Crippen MR) is 64.2 cm³/mol. The van der Waals surface area contributed by atoms with Crippen LogP contribution >= 0.6 is 11.3 Å². The van der Waals surface area contributed by atoms with Gasteiger partial charge in [0, 0.05) is 11.1 Å². The molecule has 0 saturated heterocycles. The highest BCUT2D eigenvalue weighted by Gasteiger charge is 2.15. The molecular weight excluding hydrogens is 242 g/mol. The SMILES string of the molecule is Cc1ncc(CS(=O)(=O)c2ccccc2)s1. The summed E-state index contributed by atoms with van der Waals surface area (Å²) in [6, 6.07) is 8.48. The van der Waals surface area contributed by atoms with Gasteiger partial charge >= 0.3 is 0 Å². The lowest BCUT2D eigenvalue weighted by atomic mass is 10.4. The zero-order valence-corrected chi connectivity index (χ0v) is 10.4. The molecule has 0 aliphatic carbocycles. The molecule has 0 radical (unpaired) electrons. The average molecular weight is 253 g/mol. The van der Waals surface area contributed by atoms with Gasteiger partial charge in [-0.3, -0.25) is 0 Å². The van der Waals surface area contributed by atoms with Crippen LogP contribution in [0.3, 0.4) is 0 Å². The van der Waals surface area contributed by atoms with Gasteiger partial charge in [0.15, 0.2) is 9.84 Å². The van der Waals surface area contributed by atoms with E-state index >= 15 is 0 Å². The third-order valence-electron chi connectivity index (χ3n) is 2.10. The van der Waals surface area contributed by atoms with Crippen molar-refractivity contribution in [3.8, 4) is 0 Å². The highest BCUT2D eigenvalue weighted by molar-refractivity contribution is 7.90. The van der Waals surface area contributed by atoms with Gasteiger partial charge < -0.3 is 0 Å². The monoisotopic (exact) mass is 253 g/mol. The number of hydrogen-bond acceptors (Lipinski definition) is 4. The van der Waals surface area contributed by atoms with Gasteiger partial charge in [-0.1, -0.05) is 18.2 Å². The van der Waals surface area contributed by atoms with Gasteiger partial charge in [-0.25, -0.2) is 13.4 Å². The minimum absolute atomic E-state index is 0.0303. The molecule has 0 fully saturated rings. The average Bonchev–Trinajstić information content (AvgIpc) is 2.64. The van der Waals surface area contributed by atoms with E-state index in [1.807, 2.05) is 6.92 Å². The number of hydrogen-bond donors (Lipinski definition) is 0. The molecular formula is C11H11NO2S2. The Morgan fingerprint density at radius 3 is 2.50 bits per heavy atom. The van der Waals surface area contributed by atoms with Crippen LogP contribution in [-0.4, -0.2) is 13.4 Å². The Morgan fingerprint density at radius 1 is 1.25 bits per heavy atom. The Morgan fingerprint density at radius 2 is 1.94 bits per heavy atom. The lowest BCUT2D eigenvalue weighted by Gasteiger charge is -2.01. The van der Waals surface area contributed by atoms with Crippen molar-refractivity contribution in [3.05, 3.63) is 46.4 Å². The fraction of sp³-hybridized carbons (Fsp3) is 0.182. The first-order valence-corrected chi connectivity index (χ1v) is 7.24. The van der Waals surface area contributed by atoms with Gasteiger partial charge in [0.25, 0.3) is 0 Å². The summed E-state index contributed by atoms with van der Waals surface area (Å²) in [5, 5.41) is 0.887. The van der Waals surface area contributed by atoms with E-state index in [0.717, 1.165) is 9.88 Å². The van der Waals surface area contributed by atoms with Crippen molar-refractivity contribution in [2.24, 2.45) is 0 Å². The molecule has 0 N–H and O–H groups in total. The predicted octanol–water partition coefficient (Wildman–Crippen LogP) is 2.43. The molecule has 16 heavy (non-hydrogen) atoms. The molecule has 2 rings (SSSR count). The molecule has 0 aliphatic heterocycles. The molecule has 1 aromatic carbocycles. The van der Waals surface area contributed by atoms with Gasteiger partial charge in [-0.15, -0.1) is 11.3 Å². The third kappa shape index (κ3) is 2.48. The van der Waals surface area contributed by atoms with Gasteiger partial charge in [-0.05, 0) is 19.1 Å². The number of aromatic nitrogens is 1. The maximum Gasteiger partial charge on any atom is 0.183 e. The lowest BCUT2D eigenvalue weighted by molar-refractivity contribution is 0.595. The largest absolute Gasteiger partial charge is 0.250 e. The van der Waals surface area contributed by atoms with Crippen LogP contribution < -0.4 is 0 Å². The highest BCUT2D eigenvalue weighted by Crippen LogP contribution is 2.19. The van der Waals surface area contributed by atoms with Crippen molar-refractivity contribution >= 4 is 21.2 Å². The molecule has 84 valence electrons. The van der Waals surface area contributed by atoms with E-state index in [4.69, 9.17) is 0 Å². The summed E-state index contributed by atoms with van der Waals surface area (Å²) in [5.41, 5.74) is 0. The molecule has 0 amide bonds. The van der Waals surface area contributed by atoms with E-state index in [9.17, 15) is 8.42 Å². The molecule has 2 aromatic rings. The molecule has 0 spiro atoms. The highest BCUT2D eigenvalue weighted by atomic mass is 32.2. The summed E-state index contributed by atoms with van der Waals surface area (Å²) < 4.78 is 24.0. The van der Waals surface area contributed by atoms with Gasteiger partial charge in [0.1, 0.15) is 0 Å². The Kier molecular flexibility index (Phi) is 3.07. The molecule has 1 aromatic heterocycles. The second-order valence-electron chi connectivity index (χ2n) is 3.42. The lowest BCUT2D eigenvalue weighted by Crippen LogP contribution is -2.03. The summed E-state index contributed by atoms with van der Waals surface area (Å²) in [4.78, 5) is 5.19. The number of rotatable bonds is 3. The van der Waals surface area contributed by atoms with Crippen LogP contribution in [0.15, 0.2) is 41.4 Å². The Bertz CT molecular complexity index is 573. The third-order valence-corrected chi connectivity index (χ3v) is 4.88. The van der Waals surface area contributed by atoms with Crippen LogP contribution in [-0.2, 0) is 15.6 Å². The first kappa shape index (κ1) is 11.3. The maximum absolute atomic E-state index is 12.0. The molecule has 0 aliphatic rings. The van der Waals surface area contributed by atoms with Crippen LogP contribution in [0.4, 0.5) is 0 Å². The van der Waals surface area contributed by atoms with E-state index in [1.165, 1.54) is 11.3 Å². The Labute approximate surface area is 98.7 Å². The number of nitrogens with zero attached hydrogens (tertiary/aromatic N) is 1. The van der Waals surface area contributed by atoms with Gasteiger partial charge in [0.2, 0.25) is 0 Å². The van der Waals surface area contributed by atoms with E-state index in [2.05, 4.69) is 4.98 Å². The van der Waals surface area contributed by atoms with E-state index in [1.54, 1.807) is 36.5 Å². The summed E-state index contributed by atoms with van der Waals surface area (Å²) >= 11 is 1.42. The zero-order valence-electron chi connectivity index (χ0n) is 8.75.